The average Bonchev–Trinajstić information content (AvgIpc) is 3.19. The molecule has 1 fully saturated rings. The molecular weight excluding hydrogens is 403 g/mol. The molecule has 1 unspecified atom stereocenters. The van der Waals surface area contributed by atoms with Gasteiger partial charge in [0.2, 0.25) is 0 Å². The van der Waals surface area contributed by atoms with Crippen LogP contribution in [0.25, 0.3) is 0 Å². The maximum absolute atomic E-state index is 13.7. The number of nitrogens with zero attached hydrogens (tertiary/aromatic N) is 2. The van der Waals surface area contributed by atoms with Crippen molar-refractivity contribution in [1.29, 1.82) is 0 Å². The number of sulfone groups is 1. The Morgan fingerprint density at radius 3 is 2.63 bits per heavy atom. The Hall–Kier alpha value is -2.61. The Balaban J connectivity index is 1.53. The molecule has 1 saturated heterocycles. The third-order valence-electron chi connectivity index (χ3n) is 5.22. The van der Waals surface area contributed by atoms with Crippen molar-refractivity contribution in [2.45, 2.75) is 18.7 Å². The number of rotatable bonds is 7. The zero-order valence-electron chi connectivity index (χ0n) is 17.4. The lowest BCUT2D eigenvalue weighted by atomic mass is 10.1. The number of benzene rings is 2. The SMILES string of the molecule is CN=C(NCc1cc(F)ccc1CS(C)(=O)=O)NCC1CCN(c2ccccc2)C1. The molecule has 0 radical (unpaired) electrons. The van der Waals surface area contributed by atoms with Gasteiger partial charge in [0.1, 0.15) is 5.82 Å². The van der Waals surface area contributed by atoms with Crippen LogP contribution in [0.1, 0.15) is 17.5 Å². The van der Waals surface area contributed by atoms with E-state index >= 15 is 0 Å². The smallest absolute Gasteiger partial charge is 0.191 e. The van der Waals surface area contributed by atoms with Crippen molar-refractivity contribution < 1.29 is 12.8 Å². The van der Waals surface area contributed by atoms with E-state index in [9.17, 15) is 12.8 Å². The molecule has 2 aromatic carbocycles. The molecule has 0 saturated carbocycles. The second kappa shape index (κ2) is 9.93. The summed E-state index contributed by atoms with van der Waals surface area (Å²) in [5.41, 5.74) is 2.45. The van der Waals surface area contributed by atoms with E-state index in [1.807, 2.05) is 6.07 Å². The van der Waals surface area contributed by atoms with Gasteiger partial charge in [0, 0.05) is 45.2 Å². The van der Waals surface area contributed by atoms with Crippen LogP contribution in [0.5, 0.6) is 0 Å². The number of para-hydroxylation sites is 1. The topological polar surface area (TPSA) is 73.8 Å². The standard InChI is InChI=1S/C22H29FN4O2S/c1-24-22(25-13-17-10-11-27(15-17)21-6-4-3-5-7-21)26-14-19-12-20(23)9-8-18(19)16-30(2,28)29/h3-9,12,17H,10-11,13-16H2,1-2H3,(H2,24,25,26). The van der Waals surface area contributed by atoms with Crippen molar-refractivity contribution in [2.24, 2.45) is 10.9 Å². The summed E-state index contributed by atoms with van der Waals surface area (Å²) in [4.78, 5) is 6.62. The molecule has 0 bridgehead atoms. The van der Waals surface area contributed by atoms with E-state index in [1.165, 1.54) is 30.1 Å². The van der Waals surface area contributed by atoms with E-state index < -0.39 is 9.84 Å². The van der Waals surface area contributed by atoms with Gasteiger partial charge in [-0.2, -0.15) is 0 Å². The molecule has 0 aliphatic carbocycles. The second-order valence-electron chi connectivity index (χ2n) is 7.73. The lowest BCUT2D eigenvalue weighted by Crippen LogP contribution is -2.40. The number of hydrogen-bond donors (Lipinski definition) is 2. The van der Waals surface area contributed by atoms with Crippen LogP contribution < -0.4 is 15.5 Å². The van der Waals surface area contributed by atoms with Gasteiger partial charge < -0.3 is 15.5 Å². The molecule has 0 amide bonds. The highest BCUT2D eigenvalue weighted by Crippen LogP contribution is 2.23. The minimum atomic E-state index is -3.21. The van der Waals surface area contributed by atoms with Crippen LogP contribution in [0, 0.1) is 11.7 Å². The van der Waals surface area contributed by atoms with Gasteiger partial charge in [0.15, 0.2) is 15.8 Å². The Morgan fingerprint density at radius 2 is 1.93 bits per heavy atom. The molecule has 6 nitrogen and oxygen atoms in total. The van der Waals surface area contributed by atoms with Crippen LogP contribution in [0.4, 0.5) is 10.1 Å². The first-order valence-corrected chi connectivity index (χ1v) is 12.1. The molecule has 2 N–H and O–H groups in total. The number of aliphatic imine (C=N–C) groups is 1. The number of hydrogen-bond acceptors (Lipinski definition) is 4. The van der Waals surface area contributed by atoms with Gasteiger partial charge in [0.05, 0.1) is 5.75 Å². The van der Waals surface area contributed by atoms with Gasteiger partial charge >= 0.3 is 0 Å². The third kappa shape index (κ3) is 6.45. The first-order chi connectivity index (χ1) is 14.3. The number of guanidine groups is 1. The third-order valence-corrected chi connectivity index (χ3v) is 6.06. The Labute approximate surface area is 178 Å². The molecule has 1 atom stereocenters. The minimum absolute atomic E-state index is 0.117. The van der Waals surface area contributed by atoms with Gasteiger partial charge in [-0.05, 0) is 47.7 Å². The normalized spacial score (nSPS) is 17.2. The van der Waals surface area contributed by atoms with Crippen molar-refractivity contribution in [3.63, 3.8) is 0 Å². The van der Waals surface area contributed by atoms with Crippen LogP contribution >= 0.6 is 0 Å². The van der Waals surface area contributed by atoms with Crippen LogP contribution in [0.15, 0.2) is 53.5 Å². The number of anilines is 1. The summed E-state index contributed by atoms with van der Waals surface area (Å²) >= 11 is 0. The summed E-state index contributed by atoms with van der Waals surface area (Å²) in [7, 11) is -1.52. The highest BCUT2D eigenvalue weighted by Gasteiger charge is 2.22. The molecule has 2 aromatic rings. The molecule has 8 heteroatoms. The van der Waals surface area contributed by atoms with Crippen molar-refractivity contribution in [3.8, 4) is 0 Å². The Bertz CT molecular complexity index is 980. The molecule has 0 spiro atoms. The molecule has 162 valence electrons. The molecule has 30 heavy (non-hydrogen) atoms. The molecular formula is C22H29FN4O2S. The van der Waals surface area contributed by atoms with Crippen molar-refractivity contribution in [1.82, 2.24) is 10.6 Å². The summed E-state index contributed by atoms with van der Waals surface area (Å²) in [6, 6.07) is 14.6. The van der Waals surface area contributed by atoms with Gasteiger partial charge in [-0.1, -0.05) is 24.3 Å². The maximum Gasteiger partial charge on any atom is 0.191 e. The molecule has 1 heterocycles. The van der Waals surface area contributed by atoms with Crippen LogP contribution in [-0.4, -0.2) is 47.3 Å². The molecule has 1 aliphatic heterocycles. The van der Waals surface area contributed by atoms with Gasteiger partial charge in [-0.3, -0.25) is 4.99 Å². The summed E-state index contributed by atoms with van der Waals surface area (Å²) in [6.45, 7) is 3.09. The van der Waals surface area contributed by atoms with Crippen LogP contribution in [0.3, 0.4) is 0 Å². The van der Waals surface area contributed by atoms with Crippen molar-refractivity contribution in [3.05, 3.63) is 65.5 Å². The maximum atomic E-state index is 13.7. The zero-order valence-corrected chi connectivity index (χ0v) is 18.3. The fraction of sp³-hybridized carbons (Fsp3) is 0.409. The van der Waals surface area contributed by atoms with Crippen LogP contribution in [-0.2, 0) is 22.1 Å². The minimum Gasteiger partial charge on any atom is -0.371 e. The molecule has 1 aliphatic rings. The van der Waals surface area contributed by atoms with Gasteiger partial charge in [-0.25, -0.2) is 12.8 Å². The second-order valence-corrected chi connectivity index (χ2v) is 9.87. The quantitative estimate of drug-likeness (QED) is 0.520. The van der Waals surface area contributed by atoms with Crippen molar-refractivity contribution in [2.75, 3.05) is 37.8 Å². The first kappa shape index (κ1) is 22.1. The van der Waals surface area contributed by atoms with Gasteiger partial charge in [-0.15, -0.1) is 0 Å². The largest absolute Gasteiger partial charge is 0.371 e. The predicted molar refractivity (Wildman–Crippen MR) is 120 cm³/mol. The summed E-state index contributed by atoms with van der Waals surface area (Å²) in [5.74, 6) is 0.605. The van der Waals surface area contributed by atoms with Gasteiger partial charge in [0.25, 0.3) is 0 Å². The average molecular weight is 433 g/mol. The lowest BCUT2D eigenvalue weighted by molar-refractivity contribution is 0.565. The monoisotopic (exact) mass is 432 g/mol. The highest BCUT2D eigenvalue weighted by molar-refractivity contribution is 7.89. The van der Waals surface area contributed by atoms with E-state index in [1.54, 1.807) is 7.05 Å². The summed E-state index contributed by atoms with van der Waals surface area (Å²) in [5, 5.41) is 6.51. The Kier molecular flexibility index (Phi) is 7.31. The lowest BCUT2D eigenvalue weighted by Gasteiger charge is -2.19. The highest BCUT2D eigenvalue weighted by atomic mass is 32.2. The fourth-order valence-corrected chi connectivity index (χ4v) is 4.54. The van der Waals surface area contributed by atoms with E-state index in [0.29, 0.717) is 29.5 Å². The molecule has 0 aromatic heterocycles. The predicted octanol–water partition coefficient (Wildman–Crippen LogP) is 2.56. The number of halogens is 1. The summed E-state index contributed by atoms with van der Waals surface area (Å²) in [6.07, 6.45) is 2.27. The van der Waals surface area contributed by atoms with E-state index in [-0.39, 0.29) is 11.6 Å². The van der Waals surface area contributed by atoms with E-state index in [0.717, 1.165) is 26.1 Å². The first-order valence-electron chi connectivity index (χ1n) is 10.0. The van der Waals surface area contributed by atoms with Crippen molar-refractivity contribution >= 4 is 21.5 Å². The number of nitrogens with one attached hydrogen (secondary N) is 2. The fourth-order valence-electron chi connectivity index (χ4n) is 3.70. The van der Waals surface area contributed by atoms with E-state index in [2.05, 4.69) is 44.8 Å². The molecule has 3 rings (SSSR count). The Morgan fingerprint density at radius 1 is 1.17 bits per heavy atom. The summed E-state index contributed by atoms with van der Waals surface area (Å²) < 4.78 is 37.0. The van der Waals surface area contributed by atoms with Crippen LogP contribution in [0.2, 0.25) is 0 Å². The van der Waals surface area contributed by atoms with E-state index in [4.69, 9.17) is 0 Å². The zero-order chi connectivity index (χ0) is 21.6.